The molecule has 1 N–H and O–H groups in total. The molecule has 0 amide bonds. The van der Waals surface area contributed by atoms with Gasteiger partial charge in [-0.3, -0.25) is 0 Å². The third-order valence-corrected chi connectivity index (χ3v) is 1.23. The van der Waals surface area contributed by atoms with Crippen molar-refractivity contribution in [2.24, 2.45) is 0 Å². The zero-order valence-electron chi connectivity index (χ0n) is 5.90. The maximum atomic E-state index is 10.4. The Morgan fingerprint density at radius 1 is 1.91 bits per heavy atom. The van der Waals surface area contributed by atoms with Gasteiger partial charge in [-0.25, -0.2) is 9.78 Å². The molecule has 0 aliphatic heterocycles. The number of rotatable bonds is 3. The highest BCUT2D eigenvalue weighted by Crippen LogP contribution is 1.96. The van der Waals surface area contributed by atoms with Crippen LogP contribution in [0.1, 0.15) is 10.6 Å². The fourth-order valence-corrected chi connectivity index (χ4v) is 0.794. The summed E-state index contributed by atoms with van der Waals surface area (Å²) in [5.74, 6) is -0.971. The van der Waals surface area contributed by atoms with Crippen LogP contribution in [-0.4, -0.2) is 20.6 Å². The van der Waals surface area contributed by atoms with Gasteiger partial charge in [-0.15, -0.1) is 6.58 Å². The number of allylic oxidation sites excluding steroid dienone is 1. The molecule has 4 nitrogen and oxygen atoms in total. The van der Waals surface area contributed by atoms with Crippen molar-refractivity contribution in [1.82, 2.24) is 9.55 Å². The first-order valence-corrected chi connectivity index (χ1v) is 3.11. The molecule has 0 unspecified atom stereocenters. The van der Waals surface area contributed by atoms with Gasteiger partial charge in [0.25, 0.3) is 0 Å². The van der Waals surface area contributed by atoms with Gasteiger partial charge in [0.05, 0.1) is 0 Å². The van der Waals surface area contributed by atoms with Gasteiger partial charge in [-0.1, -0.05) is 6.08 Å². The highest BCUT2D eigenvalue weighted by atomic mass is 16.4. The second-order valence-corrected chi connectivity index (χ2v) is 2.00. The molecule has 58 valence electrons. The molecule has 0 saturated heterocycles. The Labute approximate surface area is 63.8 Å². The maximum absolute atomic E-state index is 10.4. The van der Waals surface area contributed by atoms with Gasteiger partial charge >= 0.3 is 5.97 Å². The zero-order valence-corrected chi connectivity index (χ0v) is 5.90. The van der Waals surface area contributed by atoms with Crippen molar-refractivity contribution < 1.29 is 9.90 Å². The van der Waals surface area contributed by atoms with E-state index in [2.05, 4.69) is 11.6 Å². The fourth-order valence-electron chi connectivity index (χ4n) is 0.794. The summed E-state index contributed by atoms with van der Waals surface area (Å²) in [6, 6.07) is 0. The minimum atomic E-state index is -1.02. The van der Waals surface area contributed by atoms with E-state index in [-0.39, 0.29) is 5.82 Å². The summed E-state index contributed by atoms with van der Waals surface area (Å²) in [6.07, 6.45) is 4.67. The van der Waals surface area contributed by atoms with Crippen molar-refractivity contribution in [2.45, 2.75) is 6.54 Å². The molecule has 1 rings (SSSR count). The van der Waals surface area contributed by atoms with Crippen LogP contribution in [0.3, 0.4) is 0 Å². The summed E-state index contributed by atoms with van der Waals surface area (Å²) < 4.78 is 1.51. The third kappa shape index (κ3) is 1.46. The molecule has 1 aromatic rings. The number of carbonyl (C=O) groups is 1. The van der Waals surface area contributed by atoms with E-state index < -0.39 is 5.97 Å². The highest BCUT2D eigenvalue weighted by molar-refractivity contribution is 5.83. The lowest BCUT2D eigenvalue weighted by Gasteiger charge is -1.97. The average Bonchev–Trinajstić information content (AvgIpc) is 2.36. The number of nitrogens with zero attached hydrogens (tertiary/aromatic N) is 2. The van der Waals surface area contributed by atoms with Crippen LogP contribution in [0.2, 0.25) is 0 Å². The largest absolute Gasteiger partial charge is 0.475 e. The van der Waals surface area contributed by atoms with Crippen LogP contribution in [-0.2, 0) is 6.54 Å². The minimum Gasteiger partial charge on any atom is -0.475 e. The quantitative estimate of drug-likeness (QED) is 0.651. The van der Waals surface area contributed by atoms with E-state index in [1.54, 1.807) is 12.3 Å². The van der Waals surface area contributed by atoms with Crippen molar-refractivity contribution in [3.8, 4) is 0 Å². The van der Waals surface area contributed by atoms with E-state index in [4.69, 9.17) is 5.11 Å². The number of imidazole rings is 1. The predicted molar refractivity (Wildman–Crippen MR) is 39.4 cm³/mol. The van der Waals surface area contributed by atoms with E-state index in [0.717, 1.165) is 0 Å². The maximum Gasteiger partial charge on any atom is 0.372 e. The molecule has 0 spiro atoms. The highest BCUT2D eigenvalue weighted by Gasteiger charge is 2.08. The lowest BCUT2D eigenvalue weighted by Crippen LogP contribution is -2.07. The molecular weight excluding hydrogens is 144 g/mol. The van der Waals surface area contributed by atoms with Crippen molar-refractivity contribution in [2.75, 3.05) is 0 Å². The van der Waals surface area contributed by atoms with Crippen LogP contribution in [0.4, 0.5) is 0 Å². The molecule has 0 aliphatic carbocycles. The molecule has 0 aliphatic rings. The minimum absolute atomic E-state index is 0.0462. The first-order chi connectivity index (χ1) is 5.25. The molecule has 4 heteroatoms. The summed E-state index contributed by atoms with van der Waals surface area (Å²) in [4.78, 5) is 14.1. The molecule has 0 atom stereocenters. The van der Waals surface area contributed by atoms with Crippen molar-refractivity contribution in [3.63, 3.8) is 0 Å². The monoisotopic (exact) mass is 152 g/mol. The zero-order chi connectivity index (χ0) is 8.27. The molecule has 1 heterocycles. The number of hydrogen-bond acceptors (Lipinski definition) is 2. The molecular formula is C7H8N2O2. The van der Waals surface area contributed by atoms with Crippen molar-refractivity contribution >= 4 is 5.97 Å². The van der Waals surface area contributed by atoms with Gasteiger partial charge in [-0.05, 0) is 0 Å². The fraction of sp³-hybridized carbons (Fsp3) is 0.143. The van der Waals surface area contributed by atoms with E-state index in [1.165, 1.54) is 10.8 Å². The van der Waals surface area contributed by atoms with Crippen LogP contribution in [0.5, 0.6) is 0 Å². The Hall–Kier alpha value is -1.58. The van der Waals surface area contributed by atoms with E-state index >= 15 is 0 Å². The lowest BCUT2D eigenvalue weighted by atomic mass is 10.5. The first kappa shape index (κ1) is 7.53. The standard InChI is InChI=1S/C7H8N2O2/c1-2-4-9-5-3-8-6(9)7(10)11/h2-3,5H,1,4H2,(H,10,11). The van der Waals surface area contributed by atoms with Crippen molar-refractivity contribution in [3.05, 3.63) is 30.9 Å². The Balaban J connectivity index is 2.95. The summed E-state index contributed by atoms with van der Waals surface area (Å²) in [7, 11) is 0. The lowest BCUT2D eigenvalue weighted by molar-refractivity contribution is 0.0679. The Bertz CT molecular complexity index is 278. The van der Waals surface area contributed by atoms with Crippen LogP contribution >= 0.6 is 0 Å². The number of aromatic carboxylic acids is 1. The van der Waals surface area contributed by atoms with Gasteiger partial charge in [0.2, 0.25) is 5.82 Å². The van der Waals surface area contributed by atoms with Gasteiger partial charge in [-0.2, -0.15) is 0 Å². The molecule has 0 radical (unpaired) electrons. The Morgan fingerprint density at radius 3 is 3.18 bits per heavy atom. The number of carboxylic acid groups (broad SMARTS) is 1. The number of hydrogen-bond donors (Lipinski definition) is 1. The summed E-state index contributed by atoms with van der Waals surface area (Å²) >= 11 is 0. The number of aromatic nitrogens is 2. The Morgan fingerprint density at radius 2 is 2.64 bits per heavy atom. The van der Waals surface area contributed by atoms with Gasteiger partial charge in [0.15, 0.2) is 0 Å². The molecule has 11 heavy (non-hydrogen) atoms. The van der Waals surface area contributed by atoms with Gasteiger partial charge in [0, 0.05) is 18.9 Å². The summed E-state index contributed by atoms with van der Waals surface area (Å²) in [5, 5.41) is 8.56. The van der Waals surface area contributed by atoms with E-state index in [0.29, 0.717) is 6.54 Å². The SMILES string of the molecule is C=CCn1ccnc1C(=O)O. The van der Waals surface area contributed by atoms with Gasteiger partial charge in [0.1, 0.15) is 0 Å². The van der Waals surface area contributed by atoms with E-state index in [1.807, 2.05) is 0 Å². The van der Waals surface area contributed by atoms with Crippen LogP contribution in [0.15, 0.2) is 25.0 Å². The summed E-state index contributed by atoms with van der Waals surface area (Å²) in [6.45, 7) is 3.97. The molecule has 0 aromatic carbocycles. The first-order valence-electron chi connectivity index (χ1n) is 3.11. The second kappa shape index (κ2) is 3.01. The smallest absolute Gasteiger partial charge is 0.372 e. The van der Waals surface area contributed by atoms with Crippen LogP contribution in [0.25, 0.3) is 0 Å². The predicted octanol–water partition coefficient (Wildman–Crippen LogP) is 0.767. The molecule has 0 fully saturated rings. The number of carboxylic acids is 1. The van der Waals surface area contributed by atoms with E-state index in [9.17, 15) is 4.79 Å². The molecule has 0 bridgehead atoms. The van der Waals surface area contributed by atoms with Crippen LogP contribution < -0.4 is 0 Å². The molecule has 0 saturated carbocycles. The third-order valence-electron chi connectivity index (χ3n) is 1.23. The average molecular weight is 152 g/mol. The van der Waals surface area contributed by atoms with Gasteiger partial charge < -0.3 is 9.67 Å². The van der Waals surface area contributed by atoms with Crippen molar-refractivity contribution in [1.29, 1.82) is 0 Å². The second-order valence-electron chi connectivity index (χ2n) is 2.00. The van der Waals surface area contributed by atoms with Crippen LogP contribution in [0, 0.1) is 0 Å². The Kier molecular flexibility index (Phi) is 2.06. The topological polar surface area (TPSA) is 55.1 Å². The summed E-state index contributed by atoms with van der Waals surface area (Å²) in [5.41, 5.74) is 0. The molecule has 1 aromatic heterocycles. The normalized spacial score (nSPS) is 9.45.